The first-order chi connectivity index (χ1) is 13.0. The largest absolute Gasteiger partial charge is 0.358 e. The number of aryl methyl sites for hydroxylation is 2. The van der Waals surface area contributed by atoms with Crippen LogP contribution in [-0.4, -0.2) is 31.1 Å². The Labute approximate surface area is 157 Å². The standard InChI is InChI=1S/C21H20N6/c1-12-8-14(3)24-19(12)18(20-13(2)9-15(4)25-20)16-6-5-7-17(10-16)21-26-22-11-23-27-21/h5-11,24H,1-4H3/b20-18-. The molecule has 0 aliphatic carbocycles. The molecule has 6 heteroatoms. The summed E-state index contributed by atoms with van der Waals surface area (Å²) in [5, 5.41) is 15.8. The van der Waals surface area contributed by atoms with Crippen molar-refractivity contribution in [1.29, 1.82) is 0 Å². The summed E-state index contributed by atoms with van der Waals surface area (Å²) in [6, 6.07) is 10.3. The number of H-pyrrole nitrogens is 1. The second kappa shape index (κ2) is 6.72. The third-order valence-corrected chi connectivity index (χ3v) is 4.54. The molecule has 1 N–H and O–H groups in total. The fourth-order valence-corrected chi connectivity index (χ4v) is 3.45. The molecule has 0 saturated carbocycles. The van der Waals surface area contributed by atoms with Crippen molar-refractivity contribution < 1.29 is 0 Å². The predicted molar refractivity (Wildman–Crippen MR) is 106 cm³/mol. The maximum atomic E-state index is 4.80. The Morgan fingerprint density at radius 2 is 1.74 bits per heavy atom. The van der Waals surface area contributed by atoms with Crippen molar-refractivity contribution in [2.75, 3.05) is 0 Å². The topological polar surface area (TPSA) is 79.7 Å². The molecule has 1 aromatic carbocycles. The second-order valence-corrected chi connectivity index (χ2v) is 6.77. The quantitative estimate of drug-likeness (QED) is 0.767. The predicted octanol–water partition coefficient (Wildman–Crippen LogP) is 4.06. The van der Waals surface area contributed by atoms with E-state index in [-0.39, 0.29) is 0 Å². The Kier molecular flexibility index (Phi) is 4.24. The van der Waals surface area contributed by atoms with Gasteiger partial charge in [0.2, 0.25) is 5.82 Å². The van der Waals surface area contributed by atoms with Crippen LogP contribution in [0, 0.1) is 13.8 Å². The van der Waals surface area contributed by atoms with Crippen molar-refractivity contribution >= 4 is 11.3 Å². The van der Waals surface area contributed by atoms with Crippen molar-refractivity contribution in [2.45, 2.75) is 27.7 Å². The molecular weight excluding hydrogens is 336 g/mol. The summed E-state index contributed by atoms with van der Waals surface area (Å²) in [6.45, 7) is 8.29. The van der Waals surface area contributed by atoms with Crippen molar-refractivity contribution in [1.82, 2.24) is 25.4 Å². The molecule has 3 aromatic rings. The number of nitrogens with zero attached hydrogens (tertiary/aromatic N) is 5. The smallest absolute Gasteiger partial charge is 0.203 e. The molecule has 0 saturated heterocycles. The number of benzene rings is 1. The zero-order chi connectivity index (χ0) is 19.0. The molecule has 0 amide bonds. The zero-order valence-electron chi connectivity index (χ0n) is 15.8. The summed E-state index contributed by atoms with van der Waals surface area (Å²) < 4.78 is 0. The number of rotatable bonds is 3. The van der Waals surface area contributed by atoms with Gasteiger partial charge in [0.1, 0.15) is 0 Å². The van der Waals surface area contributed by atoms with Gasteiger partial charge in [-0.3, -0.25) is 4.99 Å². The Morgan fingerprint density at radius 1 is 0.963 bits per heavy atom. The minimum Gasteiger partial charge on any atom is -0.358 e. The second-order valence-electron chi connectivity index (χ2n) is 6.77. The minimum absolute atomic E-state index is 0.501. The fourth-order valence-electron chi connectivity index (χ4n) is 3.45. The van der Waals surface area contributed by atoms with Crippen LogP contribution in [-0.2, 0) is 0 Å². The summed E-state index contributed by atoms with van der Waals surface area (Å²) in [5.41, 5.74) is 9.53. The monoisotopic (exact) mass is 356 g/mol. The van der Waals surface area contributed by atoms with Gasteiger partial charge in [0.25, 0.3) is 0 Å². The van der Waals surface area contributed by atoms with Crippen LogP contribution in [0.5, 0.6) is 0 Å². The summed E-state index contributed by atoms with van der Waals surface area (Å²) >= 11 is 0. The van der Waals surface area contributed by atoms with Crippen LogP contribution in [0.1, 0.15) is 36.4 Å². The molecule has 2 aromatic heterocycles. The van der Waals surface area contributed by atoms with Crippen LogP contribution in [0.3, 0.4) is 0 Å². The molecule has 0 fully saturated rings. The van der Waals surface area contributed by atoms with Crippen LogP contribution in [0.25, 0.3) is 17.0 Å². The van der Waals surface area contributed by atoms with Crippen molar-refractivity contribution in [2.24, 2.45) is 4.99 Å². The number of hydrogen-bond acceptors (Lipinski definition) is 5. The molecule has 1 aliphatic rings. The molecule has 1 aliphatic heterocycles. The van der Waals surface area contributed by atoms with Gasteiger partial charge in [0.15, 0.2) is 6.33 Å². The number of allylic oxidation sites excluding steroid dienone is 2. The number of nitrogens with one attached hydrogen (secondary N) is 1. The lowest BCUT2D eigenvalue weighted by Crippen LogP contribution is -1.98. The Hall–Kier alpha value is -3.41. The molecule has 0 unspecified atom stereocenters. The Morgan fingerprint density at radius 3 is 2.37 bits per heavy atom. The molecule has 0 spiro atoms. The molecule has 6 nitrogen and oxygen atoms in total. The molecule has 0 atom stereocenters. The van der Waals surface area contributed by atoms with Gasteiger partial charge in [-0.05, 0) is 62.6 Å². The van der Waals surface area contributed by atoms with Crippen molar-refractivity contribution in [3.63, 3.8) is 0 Å². The summed E-state index contributed by atoms with van der Waals surface area (Å²) in [5.74, 6) is 0.501. The molecule has 3 heterocycles. The van der Waals surface area contributed by atoms with Gasteiger partial charge >= 0.3 is 0 Å². The van der Waals surface area contributed by atoms with Gasteiger partial charge in [-0.1, -0.05) is 18.2 Å². The highest BCUT2D eigenvalue weighted by Gasteiger charge is 2.20. The lowest BCUT2D eigenvalue weighted by molar-refractivity contribution is 0.864. The summed E-state index contributed by atoms with van der Waals surface area (Å²) in [6.07, 6.45) is 3.44. The van der Waals surface area contributed by atoms with E-state index in [9.17, 15) is 0 Å². The van der Waals surface area contributed by atoms with Gasteiger partial charge in [0, 0.05) is 22.5 Å². The lowest BCUT2D eigenvalue weighted by atomic mass is 9.94. The summed E-state index contributed by atoms with van der Waals surface area (Å²) in [7, 11) is 0. The van der Waals surface area contributed by atoms with E-state index in [2.05, 4.69) is 70.4 Å². The Bertz CT molecular complexity index is 1100. The number of hydrogen-bond donors (Lipinski definition) is 1. The molecule has 134 valence electrons. The SMILES string of the molecule is CC1=CC(C)=N/C1=C(/c1cccc(-c2nncnn2)c1)c1[nH]c(C)cc1C. The van der Waals surface area contributed by atoms with E-state index in [1.165, 1.54) is 11.9 Å². The fraction of sp³-hybridized carbons (Fsp3) is 0.190. The first-order valence-corrected chi connectivity index (χ1v) is 8.79. The highest BCUT2D eigenvalue weighted by Crippen LogP contribution is 2.35. The van der Waals surface area contributed by atoms with E-state index in [1.807, 2.05) is 19.1 Å². The molecule has 4 rings (SSSR count). The summed E-state index contributed by atoms with van der Waals surface area (Å²) in [4.78, 5) is 8.31. The van der Waals surface area contributed by atoms with E-state index in [0.717, 1.165) is 45.1 Å². The molecule has 0 bridgehead atoms. The highest BCUT2D eigenvalue weighted by molar-refractivity contribution is 6.01. The number of aliphatic imine (C=N–C) groups is 1. The first-order valence-electron chi connectivity index (χ1n) is 8.79. The van der Waals surface area contributed by atoms with Crippen molar-refractivity contribution in [3.05, 3.63) is 76.5 Å². The van der Waals surface area contributed by atoms with Crippen LogP contribution >= 0.6 is 0 Å². The lowest BCUT2D eigenvalue weighted by Gasteiger charge is -2.13. The first kappa shape index (κ1) is 17.0. The van der Waals surface area contributed by atoms with Crippen LogP contribution in [0.4, 0.5) is 0 Å². The van der Waals surface area contributed by atoms with Gasteiger partial charge in [0.05, 0.1) is 11.4 Å². The molecule has 27 heavy (non-hydrogen) atoms. The maximum absolute atomic E-state index is 4.80. The number of aromatic nitrogens is 5. The Balaban J connectivity index is 1.95. The molecular formula is C21H20N6. The zero-order valence-corrected chi connectivity index (χ0v) is 15.8. The van der Waals surface area contributed by atoms with E-state index < -0.39 is 0 Å². The average Bonchev–Trinajstić information content (AvgIpc) is 3.17. The number of aromatic amines is 1. The van der Waals surface area contributed by atoms with E-state index in [4.69, 9.17) is 4.99 Å². The van der Waals surface area contributed by atoms with Crippen molar-refractivity contribution in [3.8, 4) is 11.4 Å². The normalized spacial score (nSPS) is 15.6. The average molecular weight is 356 g/mol. The van der Waals surface area contributed by atoms with Gasteiger partial charge < -0.3 is 4.98 Å². The van der Waals surface area contributed by atoms with Crippen LogP contribution in [0.2, 0.25) is 0 Å². The van der Waals surface area contributed by atoms with Crippen LogP contribution < -0.4 is 0 Å². The maximum Gasteiger partial charge on any atom is 0.203 e. The minimum atomic E-state index is 0.501. The van der Waals surface area contributed by atoms with E-state index >= 15 is 0 Å². The molecule has 0 radical (unpaired) electrons. The van der Waals surface area contributed by atoms with E-state index in [0.29, 0.717) is 5.82 Å². The third-order valence-electron chi connectivity index (χ3n) is 4.54. The van der Waals surface area contributed by atoms with Gasteiger partial charge in [-0.15, -0.1) is 20.4 Å². The third kappa shape index (κ3) is 3.21. The van der Waals surface area contributed by atoms with Gasteiger partial charge in [-0.2, -0.15) is 0 Å². The van der Waals surface area contributed by atoms with E-state index in [1.54, 1.807) is 0 Å². The van der Waals surface area contributed by atoms with Crippen LogP contribution in [0.15, 0.2) is 59.0 Å². The highest BCUT2D eigenvalue weighted by atomic mass is 15.3. The van der Waals surface area contributed by atoms with Gasteiger partial charge in [-0.25, -0.2) is 0 Å².